The van der Waals surface area contributed by atoms with E-state index in [0.29, 0.717) is 0 Å². The van der Waals surface area contributed by atoms with Gasteiger partial charge in [0, 0.05) is 0 Å². The third-order valence-corrected chi connectivity index (χ3v) is 3.96. The van der Waals surface area contributed by atoms with Crippen LogP contribution < -0.4 is 0 Å². The van der Waals surface area contributed by atoms with E-state index < -0.39 is 0 Å². The van der Waals surface area contributed by atoms with E-state index in [0.717, 1.165) is 6.42 Å². The molecule has 0 spiro atoms. The molecule has 0 bridgehead atoms. The molecule has 0 unspecified atom stereocenters. The molecule has 0 N–H and O–H groups in total. The summed E-state index contributed by atoms with van der Waals surface area (Å²) in [4.78, 5) is 0. The summed E-state index contributed by atoms with van der Waals surface area (Å²) in [5.41, 5.74) is 8.66. The summed E-state index contributed by atoms with van der Waals surface area (Å²) in [6, 6.07) is 15.2. The molecule has 0 aliphatic heterocycles. The van der Waals surface area contributed by atoms with Crippen molar-refractivity contribution < 1.29 is 0 Å². The Morgan fingerprint density at radius 2 is 1.10 bits per heavy atom. The third kappa shape index (κ3) is 20.8. The minimum absolute atomic E-state index is 1.14. The molecular weight excluding hydrogens is 372 g/mol. The van der Waals surface area contributed by atoms with Gasteiger partial charge in [0.25, 0.3) is 0 Å². The Morgan fingerprint density at radius 1 is 0.774 bits per heavy atom. The maximum absolute atomic E-state index is 4.00. The third-order valence-electron chi connectivity index (χ3n) is 3.96. The standard InChI is InChI=1S/C11H14.C8H10.C4H8.3C2H6.C2H2/c1-8-6-10-4-3-5-11(10)7-9(8)2;1-2-8-6-4-3-5-7-8;1-4(2)3;4*1-2/h6-7H,3-5H2,1-2H3;3-7H,2H2,1H3;1H2,2-3H3;3*1-2H3;1-2H. The molecule has 0 radical (unpaired) electrons. The zero-order valence-corrected chi connectivity index (χ0v) is 22.7. The Labute approximate surface area is 197 Å². The molecule has 0 saturated carbocycles. The molecule has 0 aromatic heterocycles. The highest BCUT2D eigenvalue weighted by molar-refractivity contribution is 5.39. The van der Waals surface area contributed by atoms with Crippen molar-refractivity contribution in [2.45, 2.75) is 102 Å². The second kappa shape index (κ2) is 27.7. The van der Waals surface area contributed by atoms with E-state index in [2.05, 4.69) is 76.6 Å². The Hall–Kier alpha value is -2.26. The monoisotopic (exact) mass is 424 g/mol. The van der Waals surface area contributed by atoms with Gasteiger partial charge in [-0.2, -0.15) is 0 Å². The van der Waals surface area contributed by atoms with Gasteiger partial charge >= 0.3 is 0 Å². The number of aryl methyl sites for hydroxylation is 5. The zero-order chi connectivity index (χ0) is 25.2. The van der Waals surface area contributed by atoms with Crippen molar-refractivity contribution in [3.05, 3.63) is 82.4 Å². The maximum atomic E-state index is 4.00. The van der Waals surface area contributed by atoms with Crippen LogP contribution in [0.5, 0.6) is 0 Å². The van der Waals surface area contributed by atoms with Gasteiger partial charge in [-0.3, -0.25) is 0 Å². The van der Waals surface area contributed by atoms with Gasteiger partial charge in [0.15, 0.2) is 0 Å². The predicted octanol–water partition coefficient (Wildman–Crippen LogP) is 9.95. The van der Waals surface area contributed by atoms with Crippen LogP contribution in [-0.4, -0.2) is 0 Å². The smallest absolute Gasteiger partial charge is 0.0273 e. The van der Waals surface area contributed by atoms with E-state index >= 15 is 0 Å². The Morgan fingerprint density at radius 3 is 1.35 bits per heavy atom. The predicted molar refractivity (Wildman–Crippen MR) is 148 cm³/mol. The Bertz CT molecular complexity index is 611. The molecule has 0 amide bonds. The van der Waals surface area contributed by atoms with Crippen molar-refractivity contribution in [3.63, 3.8) is 0 Å². The number of allylic oxidation sites excluding steroid dienone is 1. The first-order chi connectivity index (χ1) is 14.9. The van der Waals surface area contributed by atoms with Crippen LogP contribution in [0.15, 0.2) is 54.6 Å². The van der Waals surface area contributed by atoms with Crippen molar-refractivity contribution in [1.82, 2.24) is 0 Å². The summed E-state index contributed by atoms with van der Waals surface area (Å²) in [7, 11) is 0. The van der Waals surface area contributed by atoms with E-state index in [1.165, 1.54) is 41.5 Å². The van der Waals surface area contributed by atoms with Crippen molar-refractivity contribution in [3.8, 4) is 12.8 Å². The minimum atomic E-state index is 1.14. The van der Waals surface area contributed by atoms with E-state index in [4.69, 9.17) is 0 Å². The van der Waals surface area contributed by atoms with Crippen LogP contribution in [0.4, 0.5) is 0 Å². The molecule has 0 nitrogen and oxygen atoms in total. The highest BCUT2D eigenvalue weighted by Crippen LogP contribution is 2.24. The average Bonchev–Trinajstić information content (AvgIpc) is 3.27. The summed E-state index contributed by atoms with van der Waals surface area (Å²) in [5.74, 6) is 0. The molecule has 1 aliphatic carbocycles. The quantitative estimate of drug-likeness (QED) is 0.315. The summed E-state index contributed by atoms with van der Waals surface area (Å²) < 4.78 is 0. The Balaban J connectivity index is -0.000000162. The van der Waals surface area contributed by atoms with Crippen molar-refractivity contribution in [2.24, 2.45) is 0 Å². The normalized spacial score (nSPS) is 9.19. The van der Waals surface area contributed by atoms with E-state index in [1.54, 1.807) is 11.1 Å². The summed E-state index contributed by atoms with van der Waals surface area (Å²) in [6.45, 7) is 26.1. The van der Waals surface area contributed by atoms with E-state index in [1.807, 2.05) is 61.5 Å². The van der Waals surface area contributed by atoms with Crippen LogP contribution >= 0.6 is 0 Å². The van der Waals surface area contributed by atoms with Gasteiger partial charge in [-0.25, -0.2) is 0 Å². The van der Waals surface area contributed by atoms with Gasteiger partial charge in [-0.15, -0.1) is 19.4 Å². The molecule has 0 atom stereocenters. The molecule has 0 saturated heterocycles. The lowest BCUT2D eigenvalue weighted by atomic mass is 10.0. The molecule has 1 aliphatic rings. The van der Waals surface area contributed by atoms with Gasteiger partial charge in [0.05, 0.1) is 0 Å². The highest BCUT2D eigenvalue weighted by Gasteiger charge is 2.10. The lowest BCUT2D eigenvalue weighted by molar-refractivity contribution is 0.911. The number of terminal acetylenes is 1. The second-order valence-corrected chi connectivity index (χ2v) is 6.60. The number of benzene rings is 2. The molecule has 3 rings (SSSR count). The van der Waals surface area contributed by atoms with Crippen LogP contribution in [0.25, 0.3) is 0 Å². The minimum Gasteiger partial charge on any atom is -0.124 e. The van der Waals surface area contributed by atoms with Crippen LogP contribution in [0.2, 0.25) is 0 Å². The van der Waals surface area contributed by atoms with Crippen LogP contribution in [0.1, 0.15) is 96.6 Å². The largest absolute Gasteiger partial charge is 0.124 e. The summed E-state index contributed by atoms with van der Waals surface area (Å²) in [5, 5.41) is 0. The summed E-state index contributed by atoms with van der Waals surface area (Å²) in [6.07, 6.45) is 13.1. The second-order valence-electron chi connectivity index (χ2n) is 6.60. The molecule has 2 aromatic carbocycles. The molecule has 0 heteroatoms. The number of fused-ring (bicyclic) bond motifs is 1. The van der Waals surface area contributed by atoms with Gasteiger partial charge < -0.3 is 0 Å². The fourth-order valence-corrected chi connectivity index (χ4v) is 2.58. The van der Waals surface area contributed by atoms with Crippen molar-refractivity contribution in [1.29, 1.82) is 0 Å². The van der Waals surface area contributed by atoms with E-state index in [9.17, 15) is 0 Å². The molecule has 0 heterocycles. The molecule has 31 heavy (non-hydrogen) atoms. The highest BCUT2D eigenvalue weighted by atomic mass is 14.2. The maximum Gasteiger partial charge on any atom is -0.0273 e. The van der Waals surface area contributed by atoms with Crippen LogP contribution in [-0.2, 0) is 19.3 Å². The lowest BCUT2D eigenvalue weighted by Gasteiger charge is -2.03. The number of hydrogen-bond donors (Lipinski definition) is 0. The van der Waals surface area contributed by atoms with Gasteiger partial charge in [0.2, 0.25) is 0 Å². The SMILES string of the molecule is C#C.C=C(C)C.CC.CC.CC.CCc1ccccc1.Cc1cc2c(cc1C)CCC2. The van der Waals surface area contributed by atoms with E-state index in [-0.39, 0.29) is 0 Å². The van der Waals surface area contributed by atoms with Gasteiger partial charge in [-0.1, -0.05) is 96.5 Å². The zero-order valence-electron chi connectivity index (χ0n) is 22.7. The number of hydrogen-bond acceptors (Lipinski definition) is 0. The molecule has 0 fully saturated rings. The number of rotatable bonds is 1. The van der Waals surface area contributed by atoms with Crippen molar-refractivity contribution in [2.75, 3.05) is 0 Å². The average molecular weight is 425 g/mol. The van der Waals surface area contributed by atoms with Crippen LogP contribution in [0, 0.1) is 26.7 Å². The fraction of sp³-hybridized carbons (Fsp3) is 0.484. The van der Waals surface area contributed by atoms with Gasteiger partial charge in [-0.05, 0) is 81.2 Å². The topological polar surface area (TPSA) is 0 Å². The summed E-state index contributed by atoms with van der Waals surface area (Å²) >= 11 is 0. The van der Waals surface area contributed by atoms with Gasteiger partial charge in [0.1, 0.15) is 0 Å². The molecule has 176 valence electrons. The Kier molecular flexibility index (Phi) is 32.3. The first-order valence-electron chi connectivity index (χ1n) is 12.0. The lowest BCUT2D eigenvalue weighted by Crippen LogP contribution is -1.87. The fourth-order valence-electron chi connectivity index (χ4n) is 2.58. The first-order valence-corrected chi connectivity index (χ1v) is 12.0. The van der Waals surface area contributed by atoms with Crippen LogP contribution in [0.3, 0.4) is 0 Å². The molecule has 2 aromatic rings. The first kappa shape index (κ1) is 36.1. The van der Waals surface area contributed by atoms with Crippen molar-refractivity contribution >= 4 is 0 Å². The molecular formula is C31H52.